The van der Waals surface area contributed by atoms with Crippen LogP contribution in [0.15, 0.2) is 18.2 Å². The van der Waals surface area contributed by atoms with Gasteiger partial charge in [0.05, 0.1) is 10.0 Å². The summed E-state index contributed by atoms with van der Waals surface area (Å²) in [7, 11) is 0. The summed E-state index contributed by atoms with van der Waals surface area (Å²) in [5.74, 6) is 0. The van der Waals surface area contributed by atoms with E-state index in [0.29, 0.717) is 14.4 Å². The molecular formula is C11H12Cl2N2NaS2. The van der Waals surface area contributed by atoms with Gasteiger partial charge in [-0.1, -0.05) is 35.4 Å². The molecule has 0 N–H and O–H groups in total. The first-order chi connectivity index (χ1) is 8.08. The number of hydrogen-bond donors (Lipinski definition) is 1. The molecule has 0 amide bonds. The van der Waals surface area contributed by atoms with Crippen LogP contribution in [0.5, 0.6) is 0 Å². The van der Waals surface area contributed by atoms with Crippen LogP contribution in [0.4, 0.5) is 5.69 Å². The largest absolute Gasteiger partial charge is 0.368 e. The molecule has 1 aromatic rings. The number of rotatable bonds is 1. The van der Waals surface area contributed by atoms with Crippen molar-refractivity contribution in [3.05, 3.63) is 28.2 Å². The Bertz CT molecular complexity index is 437. The fourth-order valence-electron chi connectivity index (χ4n) is 1.84. The summed E-state index contributed by atoms with van der Waals surface area (Å²) in [5, 5.41) is 1.18. The van der Waals surface area contributed by atoms with Gasteiger partial charge in [0.1, 0.15) is 4.32 Å². The fourth-order valence-corrected chi connectivity index (χ4v) is 2.51. The molecule has 1 radical (unpaired) electrons. The van der Waals surface area contributed by atoms with Gasteiger partial charge in [-0.05, 0) is 18.2 Å². The van der Waals surface area contributed by atoms with Crippen molar-refractivity contribution in [3.8, 4) is 0 Å². The van der Waals surface area contributed by atoms with E-state index in [0.717, 1.165) is 31.9 Å². The second kappa shape index (κ2) is 7.58. The molecule has 0 atom stereocenters. The van der Waals surface area contributed by atoms with Crippen LogP contribution in [0.25, 0.3) is 0 Å². The molecule has 2 nitrogen and oxygen atoms in total. The Morgan fingerprint density at radius 1 is 1.11 bits per heavy atom. The van der Waals surface area contributed by atoms with Crippen molar-refractivity contribution < 1.29 is 0 Å². The SMILES string of the molecule is S=C(S)N1CCN(c2ccc(Cl)c(Cl)c2)CC1.[Na]. The van der Waals surface area contributed by atoms with Gasteiger partial charge in [0.2, 0.25) is 0 Å². The number of benzene rings is 1. The van der Waals surface area contributed by atoms with Crippen molar-refractivity contribution in [2.45, 2.75) is 0 Å². The molecule has 1 fully saturated rings. The summed E-state index contributed by atoms with van der Waals surface area (Å²) in [6.45, 7) is 3.61. The van der Waals surface area contributed by atoms with Gasteiger partial charge >= 0.3 is 0 Å². The van der Waals surface area contributed by atoms with Crippen molar-refractivity contribution in [2.75, 3.05) is 31.1 Å². The van der Waals surface area contributed by atoms with E-state index in [9.17, 15) is 0 Å². The van der Waals surface area contributed by atoms with Crippen molar-refractivity contribution in [2.24, 2.45) is 0 Å². The molecule has 1 heterocycles. The Balaban J connectivity index is 0.00000162. The third kappa shape index (κ3) is 4.17. The topological polar surface area (TPSA) is 6.48 Å². The number of hydrogen-bond acceptors (Lipinski definition) is 2. The van der Waals surface area contributed by atoms with E-state index in [4.69, 9.17) is 35.4 Å². The quantitative estimate of drug-likeness (QED) is 0.481. The number of nitrogens with zero attached hydrogens (tertiary/aromatic N) is 2. The van der Waals surface area contributed by atoms with Crippen molar-refractivity contribution in [3.63, 3.8) is 0 Å². The van der Waals surface area contributed by atoms with Crippen LogP contribution < -0.4 is 4.90 Å². The molecular weight excluding hydrogens is 318 g/mol. The average molecular weight is 330 g/mol. The van der Waals surface area contributed by atoms with Crippen LogP contribution >= 0.6 is 48.0 Å². The first-order valence-corrected chi connectivity index (χ1v) is 6.87. The first kappa shape index (κ1) is 16.9. The maximum atomic E-state index is 6.01. The third-order valence-corrected chi connectivity index (χ3v) is 4.10. The summed E-state index contributed by atoms with van der Waals surface area (Å²) < 4.78 is 0.666. The molecule has 0 bridgehead atoms. The predicted octanol–water partition coefficient (Wildman–Crippen LogP) is 2.95. The number of halogens is 2. The Morgan fingerprint density at radius 2 is 1.72 bits per heavy atom. The smallest absolute Gasteiger partial charge is 0.133 e. The van der Waals surface area contributed by atoms with Gasteiger partial charge in [0, 0.05) is 61.4 Å². The van der Waals surface area contributed by atoms with Crippen LogP contribution in [-0.2, 0) is 0 Å². The predicted molar refractivity (Wildman–Crippen MR) is 87.6 cm³/mol. The molecule has 1 aliphatic heterocycles. The Morgan fingerprint density at radius 3 is 2.22 bits per heavy atom. The van der Waals surface area contributed by atoms with Crippen LogP contribution in [0.3, 0.4) is 0 Å². The number of anilines is 1. The summed E-state index contributed by atoms with van der Waals surface area (Å²) in [5.41, 5.74) is 1.10. The molecule has 2 rings (SSSR count). The second-order valence-electron chi connectivity index (χ2n) is 3.86. The summed E-state index contributed by atoms with van der Waals surface area (Å²) in [6, 6.07) is 5.72. The standard InChI is InChI=1S/C11H12Cl2N2S2.Na/c12-9-2-1-8(7-10(9)13)14-3-5-15(6-4-14)11(16)17;/h1-2,7H,3-6H2,(H,16,17);. The van der Waals surface area contributed by atoms with E-state index < -0.39 is 0 Å². The Kier molecular flexibility index (Phi) is 7.11. The van der Waals surface area contributed by atoms with Crippen molar-refractivity contribution >= 4 is 87.6 Å². The minimum atomic E-state index is 0. The van der Waals surface area contributed by atoms with Gasteiger partial charge in [-0.25, -0.2) is 0 Å². The molecule has 7 heteroatoms. The molecule has 93 valence electrons. The van der Waals surface area contributed by atoms with Gasteiger partial charge in [-0.2, -0.15) is 0 Å². The van der Waals surface area contributed by atoms with Gasteiger partial charge in [-0.3, -0.25) is 0 Å². The van der Waals surface area contributed by atoms with E-state index in [1.807, 2.05) is 18.2 Å². The van der Waals surface area contributed by atoms with E-state index in [1.165, 1.54) is 0 Å². The molecule has 0 unspecified atom stereocenters. The zero-order valence-corrected chi connectivity index (χ0v) is 15.3. The summed E-state index contributed by atoms with van der Waals surface area (Å²) in [6.07, 6.45) is 0. The number of thiol groups is 1. The van der Waals surface area contributed by atoms with E-state index >= 15 is 0 Å². The maximum absolute atomic E-state index is 6.01. The van der Waals surface area contributed by atoms with Crippen molar-refractivity contribution in [1.82, 2.24) is 4.90 Å². The Hall–Kier alpha value is 0.840. The maximum Gasteiger partial charge on any atom is 0.133 e. The summed E-state index contributed by atoms with van der Waals surface area (Å²) in [4.78, 5) is 4.36. The van der Waals surface area contributed by atoms with Gasteiger partial charge in [-0.15, -0.1) is 12.6 Å². The van der Waals surface area contributed by atoms with Gasteiger partial charge in [0.25, 0.3) is 0 Å². The zero-order chi connectivity index (χ0) is 12.4. The normalized spacial score (nSPS) is 15.3. The summed E-state index contributed by atoms with van der Waals surface area (Å²) >= 11 is 21.1. The van der Waals surface area contributed by atoms with Gasteiger partial charge < -0.3 is 9.80 Å². The minimum absolute atomic E-state index is 0. The molecule has 18 heavy (non-hydrogen) atoms. The minimum Gasteiger partial charge on any atom is -0.368 e. The van der Waals surface area contributed by atoms with E-state index in [1.54, 1.807) is 0 Å². The first-order valence-electron chi connectivity index (χ1n) is 5.26. The second-order valence-corrected chi connectivity index (χ2v) is 5.78. The van der Waals surface area contributed by atoms with E-state index in [-0.39, 0.29) is 29.6 Å². The monoisotopic (exact) mass is 329 g/mol. The van der Waals surface area contributed by atoms with Crippen LogP contribution in [0.2, 0.25) is 10.0 Å². The molecule has 0 saturated carbocycles. The average Bonchev–Trinajstić information content (AvgIpc) is 2.33. The molecule has 0 aliphatic carbocycles. The molecule has 1 aromatic carbocycles. The number of thiocarbonyl (C=S) groups is 1. The molecule has 1 saturated heterocycles. The van der Waals surface area contributed by atoms with E-state index in [2.05, 4.69) is 22.4 Å². The Labute approximate surface area is 150 Å². The van der Waals surface area contributed by atoms with Crippen LogP contribution in [0, 0.1) is 0 Å². The molecule has 1 aliphatic rings. The van der Waals surface area contributed by atoms with Crippen LogP contribution in [0.1, 0.15) is 0 Å². The zero-order valence-electron chi connectivity index (χ0n) is 10.1. The third-order valence-electron chi connectivity index (χ3n) is 2.82. The molecule has 0 spiro atoms. The fraction of sp³-hybridized carbons (Fsp3) is 0.364. The van der Waals surface area contributed by atoms with Gasteiger partial charge in [0.15, 0.2) is 0 Å². The number of piperazine rings is 1. The van der Waals surface area contributed by atoms with Crippen molar-refractivity contribution in [1.29, 1.82) is 0 Å². The van der Waals surface area contributed by atoms with Crippen LogP contribution in [-0.4, -0.2) is 65.0 Å². The molecule has 0 aromatic heterocycles.